The Kier molecular flexibility index (Phi) is 43.7. The molecule has 0 fully saturated rings. The Bertz CT molecular complexity index is 887. The van der Waals surface area contributed by atoms with Crippen molar-refractivity contribution in [1.82, 2.24) is 0 Å². The van der Waals surface area contributed by atoms with Crippen molar-refractivity contribution in [3.8, 4) is 0 Å². The summed E-state index contributed by atoms with van der Waals surface area (Å²) in [5, 5.41) is 0. The van der Waals surface area contributed by atoms with Crippen molar-refractivity contribution in [1.29, 1.82) is 0 Å². The Balaban J connectivity index is 4.30. The molecule has 0 rings (SSSR count). The lowest BCUT2D eigenvalue weighted by Crippen LogP contribution is -2.30. The fourth-order valence-electron chi connectivity index (χ4n) is 7.78. The molecular weight excluding hydrogens is 721 g/mol. The second kappa shape index (κ2) is 44.9. The van der Waals surface area contributed by atoms with Crippen molar-refractivity contribution >= 4 is 17.9 Å². The molecule has 0 saturated carbocycles. The van der Waals surface area contributed by atoms with Crippen LogP contribution >= 0.6 is 0 Å². The van der Waals surface area contributed by atoms with Gasteiger partial charge in [0.25, 0.3) is 0 Å². The van der Waals surface area contributed by atoms with Gasteiger partial charge in [-0.05, 0) is 31.1 Å². The van der Waals surface area contributed by atoms with Crippen LogP contribution in [0.3, 0.4) is 0 Å². The molecule has 0 heterocycles. The summed E-state index contributed by atoms with van der Waals surface area (Å²) in [7, 11) is 0. The van der Waals surface area contributed by atoms with Gasteiger partial charge in [-0.25, -0.2) is 0 Å². The van der Waals surface area contributed by atoms with Crippen molar-refractivity contribution in [2.24, 2.45) is 11.8 Å². The van der Waals surface area contributed by atoms with E-state index in [-0.39, 0.29) is 31.1 Å². The van der Waals surface area contributed by atoms with E-state index in [1.54, 1.807) is 0 Å². The van der Waals surface area contributed by atoms with E-state index in [0.29, 0.717) is 19.3 Å². The minimum absolute atomic E-state index is 0.0644. The van der Waals surface area contributed by atoms with Crippen molar-refractivity contribution in [2.45, 2.75) is 291 Å². The van der Waals surface area contributed by atoms with Crippen LogP contribution in [-0.2, 0) is 28.6 Å². The number of hydrogen-bond donors (Lipinski definition) is 0. The first-order chi connectivity index (χ1) is 28.3. The number of hydrogen-bond acceptors (Lipinski definition) is 6. The lowest BCUT2D eigenvalue weighted by molar-refractivity contribution is -0.167. The third-order valence-electron chi connectivity index (χ3n) is 12.1. The lowest BCUT2D eigenvalue weighted by Gasteiger charge is -2.18. The Morgan fingerprint density at radius 2 is 0.655 bits per heavy atom. The molecule has 1 unspecified atom stereocenters. The molecule has 6 heteroatoms. The summed E-state index contributed by atoms with van der Waals surface area (Å²) in [5.41, 5.74) is 0. The van der Waals surface area contributed by atoms with Gasteiger partial charge in [0.1, 0.15) is 13.2 Å². The third-order valence-corrected chi connectivity index (χ3v) is 12.1. The van der Waals surface area contributed by atoms with Gasteiger partial charge in [-0.2, -0.15) is 0 Å². The number of carbonyl (C=O) groups is 3. The second-order valence-electron chi connectivity index (χ2n) is 18.5. The molecule has 0 radical (unpaired) electrons. The van der Waals surface area contributed by atoms with Gasteiger partial charge in [0.05, 0.1) is 0 Å². The molecule has 0 aliphatic heterocycles. The van der Waals surface area contributed by atoms with Crippen molar-refractivity contribution < 1.29 is 28.6 Å². The summed E-state index contributed by atoms with van der Waals surface area (Å²) in [6, 6.07) is 0. The molecule has 2 atom stereocenters. The number of unbranched alkanes of at least 4 members (excludes halogenated alkanes) is 30. The van der Waals surface area contributed by atoms with Crippen molar-refractivity contribution in [3.63, 3.8) is 0 Å². The van der Waals surface area contributed by atoms with Crippen LogP contribution in [0.25, 0.3) is 0 Å². The highest BCUT2D eigenvalue weighted by Crippen LogP contribution is 2.18. The maximum Gasteiger partial charge on any atom is 0.306 e. The Morgan fingerprint density at radius 1 is 0.362 bits per heavy atom. The van der Waals surface area contributed by atoms with Crippen LogP contribution in [0.4, 0.5) is 0 Å². The smallest absolute Gasteiger partial charge is 0.306 e. The van der Waals surface area contributed by atoms with Gasteiger partial charge in [-0.3, -0.25) is 14.4 Å². The molecule has 0 bridgehead atoms. The zero-order valence-electron chi connectivity index (χ0n) is 39.7. The summed E-state index contributed by atoms with van der Waals surface area (Å²) in [5.74, 6) is 0.787. The average Bonchev–Trinajstić information content (AvgIpc) is 3.21. The predicted molar refractivity (Wildman–Crippen MR) is 247 cm³/mol. The highest BCUT2D eigenvalue weighted by atomic mass is 16.6. The molecule has 0 aromatic heterocycles. The molecular formula is C52H100O6. The summed E-state index contributed by atoms with van der Waals surface area (Å²) in [6.45, 7) is 11.3. The topological polar surface area (TPSA) is 78.9 Å². The number of esters is 3. The van der Waals surface area contributed by atoms with Crippen molar-refractivity contribution in [3.05, 3.63) is 0 Å². The van der Waals surface area contributed by atoms with Gasteiger partial charge >= 0.3 is 17.9 Å². The standard InChI is InChI=1S/C52H100O6/c1-6-8-9-10-11-12-13-14-15-16-17-20-23-26-32-37-42-50(53)56-45-49(46-57-51(54)43-38-33-29-28-31-36-41-48(5)7-2)58-52(55)44-39-34-27-24-21-18-19-22-25-30-35-40-47(3)4/h47-49H,6-46H2,1-5H3/t48?,49-/m1/s1. The Morgan fingerprint density at radius 3 is 0.983 bits per heavy atom. The minimum Gasteiger partial charge on any atom is -0.462 e. The molecule has 344 valence electrons. The maximum absolute atomic E-state index is 12.8. The highest BCUT2D eigenvalue weighted by Gasteiger charge is 2.19. The normalized spacial score (nSPS) is 12.5. The van der Waals surface area contributed by atoms with Gasteiger partial charge in [0.2, 0.25) is 0 Å². The summed E-state index contributed by atoms with van der Waals surface area (Å²) < 4.78 is 16.8. The van der Waals surface area contributed by atoms with Crippen LogP contribution < -0.4 is 0 Å². The van der Waals surface area contributed by atoms with E-state index in [1.165, 1.54) is 173 Å². The molecule has 0 aromatic rings. The molecule has 0 N–H and O–H groups in total. The quantitative estimate of drug-likeness (QED) is 0.0346. The fourth-order valence-corrected chi connectivity index (χ4v) is 7.78. The Labute approximate surface area is 361 Å². The van der Waals surface area contributed by atoms with Crippen LogP contribution in [0.5, 0.6) is 0 Å². The van der Waals surface area contributed by atoms with E-state index in [9.17, 15) is 14.4 Å². The second-order valence-corrected chi connectivity index (χ2v) is 18.5. The Hall–Kier alpha value is -1.59. The molecule has 58 heavy (non-hydrogen) atoms. The molecule has 0 spiro atoms. The van der Waals surface area contributed by atoms with E-state index >= 15 is 0 Å². The summed E-state index contributed by atoms with van der Waals surface area (Å²) in [4.78, 5) is 37.9. The lowest BCUT2D eigenvalue weighted by atomic mass is 10.00. The van der Waals surface area contributed by atoms with E-state index in [4.69, 9.17) is 14.2 Å². The molecule has 0 saturated heterocycles. The zero-order chi connectivity index (χ0) is 42.6. The first-order valence-corrected chi connectivity index (χ1v) is 25.8. The predicted octanol–water partition coefficient (Wildman–Crippen LogP) is 16.5. The molecule has 6 nitrogen and oxygen atoms in total. The van der Waals surface area contributed by atoms with Gasteiger partial charge < -0.3 is 14.2 Å². The van der Waals surface area contributed by atoms with Gasteiger partial charge in [0.15, 0.2) is 6.10 Å². The van der Waals surface area contributed by atoms with Crippen LogP contribution in [0.1, 0.15) is 285 Å². The van der Waals surface area contributed by atoms with Crippen molar-refractivity contribution in [2.75, 3.05) is 13.2 Å². The summed E-state index contributed by atoms with van der Waals surface area (Å²) >= 11 is 0. The van der Waals surface area contributed by atoms with Crippen LogP contribution in [0, 0.1) is 11.8 Å². The number of carbonyl (C=O) groups excluding carboxylic acids is 3. The molecule has 0 aliphatic carbocycles. The van der Waals surface area contributed by atoms with Gasteiger partial charge in [-0.15, -0.1) is 0 Å². The molecule has 0 amide bonds. The maximum atomic E-state index is 12.8. The van der Waals surface area contributed by atoms with Gasteiger partial charge in [0, 0.05) is 19.3 Å². The zero-order valence-corrected chi connectivity index (χ0v) is 39.7. The third kappa shape index (κ3) is 44.0. The monoisotopic (exact) mass is 821 g/mol. The van der Waals surface area contributed by atoms with Gasteiger partial charge in [-0.1, -0.05) is 247 Å². The van der Waals surface area contributed by atoms with Crippen LogP contribution in [0.2, 0.25) is 0 Å². The SMILES string of the molecule is CCCCCCCCCCCCCCCCCCC(=O)OC[C@H](COC(=O)CCCCCCCCC(C)CC)OC(=O)CCCCCCCCCCCCCC(C)C. The largest absolute Gasteiger partial charge is 0.462 e. The van der Waals surface area contributed by atoms with E-state index < -0.39 is 6.10 Å². The fraction of sp³-hybridized carbons (Fsp3) is 0.942. The first-order valence-electron chi connectivity index (χ1n) is 25.8. The highest BCUT2D eigenvalue weighted by molar-refractivity contribution is 5.71. The average molecular weight is 821 g/mol. The number of ether oxygens (including phenoxy) is 3. The van der Waals surface area contributed by atoms with E-state index in [0.717, 1.165) is 69.6 Å². The van der Waals surface area contributed by atoms with E-state index in [2.05, 4.69) is 34.6 Å². The molecule has 0 aliphatic rings. The van der Waals surface area contributed by atoms with Crippen LogP contribution in [-0.4, -0.2) is 37.2 Å². The molecule has 0 aromatic carbocycles. The summed E-state index contributed by atoms with van der Waals surface area (Å²) in [6.07, 6.45) is 45.2. The number of rotatable bonds is 46. The van der Waals surface area contributed by atoms with E-state index in [1.807, 2.05) is 0 Å². The van der Waals surface area contributed by atoms with Crippen LogP contribution in [0.15, 0.2) is 0 Å². The first kappa shape index (κ1) is 56.4. The minimum atomic E-state index is -0.762.